The highest BCUT2D eigenvalue weighted by molar-refractivity contribution is 5.53. The molecule has 1 fully saturated rings. The molecule has 6 heteroatoms. The summed E-state index contributed by atoms with van der Waals surface area (Å²) in [6, 6.07) is 6.27. The van der Waals surface area contributed by atoms with Crippen LogP contribution < -0.4 is 4.90 Å². The topological polar surface area (TPSA) is 61.0 Å². The number of anilines is 1. The number of pyridine rings is 1. The summed E-state index contributed by atoms with van der Waals surface area (Å²) in [7, 11) is 0. The van der Waals surface area contributed by atoms with Crippen molar-refractivity contribution in [2.24, 2.45) is 0 Å². The Kier molecular flexibility index (Phi) is 4.58. The van der Waals surface area contributed by atoms with Crippen LogP contribution in [-0.2, 0) is 13.1 Å². The Labute approximate surface area is 137 Å². The first-order valence-electron chi connectivity index (χ1n) is 8.07. The number of aromatic nitrogens is 3. The fraction of sp³-hybridized carbons (Fsp3) is 0.471. The van der Waals surface area contributed by atoms with Gasteiger partial charge < -0.3 is 9.47 Å². The Bertz CT molecular complexity index is 701. The summed E-state index contributed by atoms with van der Waals surface area (Å²) in [6.07, 6.45) is 5.65. The molecule has 1 aliphatic heterocycles. The van der Waals surface area contributed by atoms with Gasteiger partial charge in [0.1, 0.15) is 17.7 Å². The van der Waals surface area contributed by atoms with Crippen LogP contribution in [0.4, 0.5) is 5.82 Å². The Morgan fingerprint density at radius 2 is 2.17 bits per heavy atom. The molecule has 1 atom stereocenters. The van der Waals surface area contributed by atoms with Crippen molar-refractivity contribution in [3.63, 3.8) is 0 Å². The molecular weight excluding hydrogens is 288 g/mol. The number of hydrogen-bond donors (Lipinski definition) is 0. The number of nitrogens with zero attached hydrogens (tertiary/aromatic N) is 6. The summed E-state index contributed by atoms with van der Waals surface area (Å²) >= 11 is 0. The lowest BCUT2D eigenvalue weighted by molar-refractivity contribution is 0.174. The Balaban J connectivity index is 1.69. The third-order valence-electron chi connectivity index (χ3n) is 4.46. The lowest BCUT2D eigenvalue weighted by Gasteiger charge is -2.40. The molecule has 0 aliphatic carbocycles. The van der Waals surface area contributed by atoms with Crippen LogP contribution in [0.2, 0.25) is 0 Å². The van der Waals surface area contributed by atoms with Gasteiger partial charge in [-0.15, -0.1) is 0 Å². The second-order valence-electron chi connectivity index (χ2n) is 5.88. The van der Waals surface area contributed by atoms with Crippen molar-refractivity contribution >= 4 is 5.82 Å². The van der Waals surface area contributed by atoms with E-state index in [-0.39, 0.29) is 0 Å². The van der Waals surface area contributed by atoms with E-state index in [1.807, 2.05) is 24.5 Å². The third-order valence-corrected chi connectivity index (χ3v) is 4.46. The van der Waals surface area contributed by atoms with Crippen molar-refractivity contribution in [3.05, 3.63) is 42.1 Å². The van der Waals surface area contributed by atoms with Gasteiger partial charge in [0.2, 0.25) is 0 Å². The molecule has 3 rings (SSSR count). The lowest BCUT2D eigenvalue weighted by atomic mass is 10.1. The Hall–Kier alpha value is -2.39. The van der Waals surface area contributed by atoms with Crippen LogP contribution >= 0.6 is 0 Å². The van der Waals surface area contributed by atoms with Gasteiger partial charge in [-0.2, -0.15) is 5.26 Å². The van der Waals surface area contributed by atoms with Gasteiger partial charge in [-0.25, -0.2) is 9.97 Å². The van der Waals surface area contributed by atoms with Crippen LogP contribution in [0, 0.1) is 11.3 Å². The molecule has 0 radical (unpaired) electrons. The minimum Gasteiger partial charge on any atom is -0.353 e. The van der Waals surface area contributed by atoms with Crippen LogP contribution in [0.25, 0.3) is 0 Å². The van der Waals surface area contributed by atoms with E-state index in [1.54, 1.807) is 6.20 Å². The van der Waals surface area contributed by atoms with Crippen LogP contribution in [0.15, 0.2) is 30.7 Å². The molecule has 0 saturated carbocycles. The number of imidazole rings is 1. The molecule has 0 unspecified atom stereocenters. The smallest absolute Gasteiger partial charge is 0.146 e. The van der Waals surface area contributed by atoms with Crippen molar-refractivity contribution in [1.82, 2.24) is 19.4 Å². The largest absolute Gasteiger partial charge is 0.353 e. The van der Waals surface area contributed by atoms with Crippen molar-refractivity contribution in [2.45, 2.75) is 33.0 Å². The molecule has 2 aromatic heterocycles. The van der Waals surface area contributed by atoms with Crippen LogP contribution in [0.3, 0.4) is 0 Å². The molecule has 2 aromatic rings. The number of aryl methyl sites for hydroxylation is 1. The molecular formula is C17H22N6. The monoisotopic (exact) mass is 310 g/mol. The normalized spacial score (nSPS) is 18.8. The Morgan fingerprint density at radius 3 is 2.91 bits per heavy atom. The molecule has 0 N–H and O–H groups in total. The molecule has 1 saturated heterocycles. The number of hydrogen-bond acceptors (Lipinski definition) is 5. The van der Waals surface area contributed by atoms with Gasteiger partial charge in [0.15, 0.2) is 0 Å². The van der Waals surface area contributed by atoms with E-state index in [9.17, 15) is 5.26 Å². The first-order chi connectivity index (χ1) is 11.2. The van der Waals surface area contributed by atoms with Gasteiger partial charge in [0.25, 0.3) is 0 Å². The van der Waals surface area contributed by atoms with E-state index in [0.717, 1.165) is 44.4 Å². The standard InChI is InChI=1S/C17H22N6/c1-3-21-8-7-19-16(21)13-22-9-10-23(12-14(22)2)17-15(11-18)5-4-6-20-17/h4-8,14H,3,9-10,12-13H2,1-2H3/t14-/m0/s1. The van der Waals surface area contributed by atoms with Gasteiger partial charge >= 0.3 is 0 Å². The molecule has 0 bridgehead atoms. The average Bonchev–Trinajstić information content (AvgIpc) is 3.04. The molecule has 0 amide bonds. The molecule has 0 aromatic carbocycles. The zero-order chi connectivity index (χ0) is 16.2. The van der Waals surface area contributed by atoms with E-state index in [2.05, 4.69) is 44.3 Å². The van der Waals surface area contributed by atoms with E-state index in [0.29, 0.717) is 11.6 Å². The number of nitriles is 1. The van der Waals surface area contributed by atoms with Crippen molar-refractivity contribution in [3.8, 4) is 6.07 Å². The lowest BCUT2D eigenvalue weighted by Crippen LogP contribution is -2.52. The minimum atomic E-state index is 0.388. The van der Waals surface area contributed by atoms with E-state index in [1.165, 1.54) is 0 Å². The highest BCUT2D eigenvalue weighted by atomic mass is 15.3. The summed E-state index contributed by atoms with van der Waals surface area (Å²) < 4.78 is 2.19. The quantitative estimate of drug-likeness (QED) is 0.863. The van der Waals surface area contributed by atoms with E-state index < -0.39 is 0 Å². The molecule has 0 spiro atoms. The SMILES string of the molecule is CCn1ccnc1CN1CCN(c2ncccc2C#N)C[C@@H]1C. The minimum absolute atomic E-state index is 0.388. The highest BCUT2D eigenvalue weighted by Gasteiger charge is 2.26. The van der Waals surface area contributed by atoms with E-state index in [4.69, 9.17) is 0 Å². The van der Waals surface area contributed by atoms with Gasteiger partial charge in [0.05, 0.1) is 12.1 Å². The summed E-state index contributed by atoms with van der Waals surface area (Å²) in [4.78, 5) is 13.5. The van der Waals surface area contributed by atoms with Crippen LogP contribution in [0.1, 0.15) is 25.2 Å². The van der Waals surface area contributed by atoms with Gasteiger partial charge in [-0.05, 0) is 26.0 Å². The summed E-state index contributed by atoms with van der Waals surface area (Å²) in [6.45, 7) is 8.87. The highest BCUT2D eigenvalue weighted by Crippen LogP contribution is 2.21. The predicted octanol–water partition coefficient (Wildman–Crippen LogP) is 1.88. The summed E-state index contributed by atoms with van der Waals surface area (Å²) in [5, 5.41) is 9.26. The second kappa shape index (κ2) is 6.80. The number of piperazine rings is 1. The van der Waals surface area contributed by atoms with E-state index >= 15 is 0 Å². The average molecular weight is 310 g/mol. The molecule has 23 heavy (non-hydrogen) atoms. The third kappa shape index (κ3) is 3.20. The fourth-order valence-electron chi connectivity index (χ4n) is 3.12. The van der Waals surface area contributed by atoms with Gasteiger partial charge in [-0.1, -0.05) is 0 Å². The number of rotatable bonds is 4. The first kappa shape index (κ1) is 15.5. The summed E-state index contributed by atoms with van der Waals surface area (Å²) in [5.74, 6) is 1.92. The van der Waals surface area contributed by atoms with Crippen molar-refractivity contribution < 1.29 is 0 Å². The van der Waals surface area contributed by atoms with Gasteiger partial charge in [0, 0.05) is 50.8 Å². The van der Waals surface area contributed by atoms with Crippen LogP contribution in [-0.4, -0.2) is 45.1 Å². The molecule has 3 heterocycles. The van der Waals surface area contributed by atoms with Crippen molar-refractivity contribution in [2.75, 3.05) is 24.5 Å². The fourth-order valence-corrected chi connectivity index (χ4v) is 3.12. The first-order valence-corrected chi connectivity index (χ1v) is 8.07. The zero-order valence-corrected chi connectivity index (χ0v) is 13.7. The van der Waals surface area contributed by atoms with Crippen molar-refractivity contribution in [1.29, 1.82) is 5.26 Å². The van der Waals surface area contributed by atoms with Crippen LogP contribution in [0.5, 0.6) is 0 Å². The molecule has 1 aliphatic rings. The maximum atomic E-state index is 9.26. The Morgan fingerprint density at radius 1 is 1.30 bits per heavy atom. The molecule has 6 nitrogen and oxygen atoms in total. The second-order valence-corrected chi connectivity index (χ2v) is 5.88. The maximum Gasteiger partial charge on any atom is 0.146 e. The molecule has 120 valence electrons. The summed E-state index contributed by atoms with van der Waals surface area (Å²) in [5.41, 5.74) is 0.648. The maximum absolute atomic E-state index is 9.26. The predicted molar refractivity (Wildman–Crippen MR) is 88.9 cm³/mol. The zero-order valence-electron chi connectivity index (χ0n) is 13.7. The van der Waals surface area contributed by atoms with Gasteiger partial charge in [-0.3, -0.25) is 4.90 Å².